The number of aliphatic hydroxyl groups excluding tert-OH is 1. The molecule has 1 amide bonds. The standard InChI is InChI=1S/C21H25ClN4O2/c1-4-14-5-6-15(16-7-17(22)11-24-10-16)8-18(14)21(9-13(2)12-27)19(28)26(3)20(23)25-21/h5-8,10-11,13,27H,4,9,12H2,1-3H3,(H2,23,25). The number of rotatable bonds is 6. The number of halogens is 1. The molecular formula is C21H25ClN4O2. The number of guanidine groups is 1. The van der Waals surface area contributed by atoms with Gasteiger partial charge in [0.1, 0.15) is 0 Å². The summed E-state index contributed by atoms with van der Waals surface area (Å²) in [6.45, 7) is 3.90. The van der Waals surface area contributed by atoms with Crippen molar-refractivity contribution in [1.29, 1.82) is 0 Å². The minimum atomic E-state index is -1.14. The third-order valence-electron chi connectivity index (χ3n) is 5.24. The van der Waals surface area contributed by atoms with E-state index in [0.29, 0.717) is 11.4 Å². The third kappa shape index (κ3) is 3.50. The van der Waals surface area contributed by atoms with Crippen molar-refractivity contribution in [3.63, 3.8) is 0 Å². The third-order valence-corrected chi connectivity index (χ3v) is 5.44. The highest BCUT2D eigenvalue weighted by Crippen LogP contribution is 2.41. The van der Waals surface area contributed by atoms with Crippen LogP contribution in [0.5, 0.6) is 0 Å². The van der Waals surface area contributed by atoms with Gasteiger partial charge in [0.05, 0.1) is 5.02 Å². The van der Waals surface area contributed by atoms with E-state index in [1.54, 1.807) is 19.4 Å². The molecule has 1 aliphatic heterocycles. The van der Waals surface area contributed by atoms with Crippen LogP contribution in [-0.2, 0) is 16.8 Å². The number of hydrogen-bond acceptors (Lipinski definition) is 5. The minimum absolute atomic E-state index is 0.0342. The lowest BCUT2D eigenvalue weighted by Crippen LogP contribution is -2.42. The van der Waals surface area contributed by atoms with E-state index in [1.165, 1.54) is 4.90 Å². The summed E-state index contributed by atoms with van der Waals surface area (Å²) < 4.78 is 0. The van der Waals surface area contributed by atoms with E-state index >= 15 is 0 Å². The number of likely N-dealkylation sites (N-methyl/N-ethyl adjacent to an activating group) is 1. The maximum atomic E-state index is 13.3. The average molecular weight is 401 g/mol. The molecule has 0 aliphatic carbocycles. The first kappa shape index (κ1) is 20.3. The number of pyridine rings is 1. The summed E-state index contributed by atoms with van der Waals surface area (Å²) in [5.74, 6) is -0.110. The lowest BCUT2D eigenvalue weighted by atomic mass is 9.78. The van der Waals surface area contributed by atoms with Crippen molar-refractivity contribution in [2.75, 3.05) is 13.7 Å². The van der Waals surface area contributed by atoms with E-state index in [2.05, 4.69) is 9.98 Å². The fourth-order valence-electron chi connectivity index (χ4n) is 3.71. The van der Waals surface area contributed by atoms with Gasteiger partial charge in [-0.1, -0.05) is 37.6 Å². The highest BCUT2D eigenvalue weighted by Gasteiger charge is 2.49. The Balaban J connectivity index is 2.22. The predicted octanol–water partition coefficient (Wildman–Crippen LogP) is 2.96. The molecule has 0 bridgehead atoms. The normalized spacial score (nSPS) is 20.4. The van der Waals surface area contributed by atoms with E-state index in [-0.39, 0.29) is 24.4 Å². The number of carbonyl (C=O) groups is 1. The molecule has 0 saturated heterocycles. The van der Waals surface area contributed by atoms with Crippen LogP contribution in [0.4, 0.5) is 0 Å². The Kier molecular flexibility index (Phi) is 5.72. The largest absolute Gasteiger partial charge is 0.396 e. The lowest BCUT2D eigenvalue weighted by Gasteiger charge is -2.30. The van der Waals surface area contributed by atoms with Crippen molar-refractivity contribution >= 4 is 23.5 Å². The fraction of sp³-hybridized carbons (Fsp3) is 0.381. The van der Waals surface area contributed by atoms with Gasteiger partial charge in [-0.3, -0.25) is 14.7 Å². The molecule has 0 fully saturated rings. The number of nitrogens with two attached hydrogens (primary N) is 1. The quantitative estimate of drug-likeness (QED) is 0.779. The molecule has 0 spiro atoms. The Labute approximate surface area is 170 Å². The molecule has 3 rings (SSSR count). The van der Waals surface area contributed by atoms with Crippen LogP contribution in [0.3, 0.4) is 0 Å². The van der Waals surface area contributed by atoms with Gasteiger partial charge < -0.3 is 10.8 Å². The molecule has 0 saturated carbocycles. The van der Waals surface area contributed by atoms with Gasteiger partial charge in [-0.15, -0.1) is 0 Å². The average Bonchev–Trinajstić information content (AvgIpc) is 2.91. The van der Waals surface area contributed by atoms with E-state index in [4.69, 9.17) is 17.3 Å². The number of aliphatic hydroxyl groups is 1. The molecule has 0 radical (unpaired) electrons. The molecule has 2 aromatic rings. The van der Waals surface area contributed by atoms with E-state index < -0.39 is 5.54 Å². The predicted molar refractivity (Wildman–Crippen MR) is 111 cm³/mol. The Morgan fingerprint density at radius 3 is 2.61 bits per heavy atom. The van der Waals surface area contributed by atoms with Crippen LogP contribution in [0.1, 0.15) is 31.4 Å². The zero-order valence-corrected chi connectivity index (χ0v) is 17.1. The first-order valence-corrected chi connectivity index (χ1v) is 9.68. The van der Waals surface area contributed by atoms with Crippen LogP contribution in [0.2, 0.25) is 5.02 Å². The molecule has 7 heteroatoms. The topological polar surface area (TPSA) is 91.8 Å². The zero-order chi connectivity index (χ0) is 20.5. The van der Waals surface area contributed by atoms with Gasteiger partial charge in [0.15, 0.2) is 11.5 Å². The van der Waals surface area contributed by atoms with Gasteiger partial charge >= 0.3 is 0 Å². The molecule has 148 valence electrons. The smallest absolute Gasteiger partial charge is 0.261 e. The summed E-state index contributed by atoms with van der Waals surface area (Å²) in [4.78, 5) is 23.4. The lowest BCUT2D eigenvalue weighted by molar-refractivity contribution is -0.131. The van der Waals surface area contributed by atoms with E-state index in [9.17, 15) is 9.90 Å². The number of aryl methyl sites for hydroxylation is 1. The van der Waals surface area contributed by atoms with Gasteiger partial charge in [-0.2, -0.15) is 0 Å². The molecule has 1 aliphatic rings. The summed E-state index contributed by atoms with van der Waals surface area (Å²) >= 11 is 6.11. The maximum Gasteiger partial charge on any atom is 0.261 e. The first-order valence-electron chi connectivity index (χ1n) is 9.31. The second-order valence-corrected chi connectivity index (χ2v) is 7.74. The number of benzene rings is 1. The maximum absolute atomic E-state index is 13.3. The molecule has 1 aromatic carbocycles. The summed E-state index contributed by atoms with van der Waals surface area (Å²) in [6.07, 6.45) is 4.43. The summed E-state index contributed by atoms with van der Waals surface area (Å²) in [5, 5.41) is 10.2. The van der Waals surface area contributed by atoms with Gasteiger partial charge in [0, 0.05) is 31.6 Å². The van der Waals surface area contributed by atoms with Crippen LogP contribution < -0.4 is 5.73 Å². The number of carbonyl (C=O) groups excluding carboxylic acids is 1. The number of hydrogen-bond donors (Lipinski definition) is 2. The monoisotopic (exact) mass is 400 g/mol. The second kappa shape index (κ2) is 7.89. The summed E-state index contributed by atoms with van der Waals surface area (Å²) in [7, 11) is 1.63. The molecule has 3 N–H and O–H groups in total. The van der Waals surface area contributed by atoms with Crippen molar-refractivity contribution in [2.45, 2.75) is 32.2 Å². The Bertz CT molecular complexity index is 930. The zero-order valence-electron chi connectivity index (χ0n) is 16.3. The number of aliphatic imine (C=N–C) groups is 1. The van der Waals surface area contributed by atoms with Gasteiger partial charge in [0.2, 0.25) is 0 Å². The Morgan fingerprint density at radius 1 is 1.29 bits per heavy atom. The molecular weight excluding hydrogens is 376 g/mol. The van der Waals surface area contributed by atoms with Gasteiger partial charge in [0.25, 0.3) is 5.91 Å². The van der Waals surface area contributed by atoms with Crippen LogP contribution in [0.25, 0.3) is 11.1 Å². The molecule has 2 unspecified atom stereocenters. The van der Waals surface area contributed by atoms with Crippen LogP contribution in [0, 0.1) is 5.92 Å². The molecule has 2 heterocycles. The first-order chi connectivity index (χ1) is 13.3. The van der Waals surface area contributed by atoms with E-state index in [0.717, 1.165) is 28.7 Å². The van der Waals surface area contributed by atoms with E-state index in [1.807, 2.05) is 38.1 Å². The molecule has 28 heavy (non-hydrogen) atoms. The highest BCUT2D eigenvalue weighted by molar-refractivity contribution is 6.30. The Morgan fingerprint density at radius 2 is 2.04 bits per heavy atom. The molecule has 6 nitrogen and oxygen atoms in total. The number of nitrogens with zero attached hydrogens (tertiary/aromatic N) is 3. The van der Waals surface area contributed by atoms with Crippen molar-refractivity contribution in [2.24, 2.45) is 16.6 Å². The van der Waals surface area contributed by atoms with Crippen molar-refractivity contribution < 1.29 is 9.90 Å². The summed E-state index contributed by atoms with van der Waals surface area (Å²) in [6, 6.07) is 7.82. The van der Waals surface area contributed by atoms with Crippen molar-refractivity contribution in [3.05, 3.63) is 52.8 Å². The number of amides is 1. The van der Waals surface area contributed by atoms with Crippen LogP contribution >= 0.6 is 11.6 Å². The number of aromatic nitrogens is 1. The molecule has 1 aromatic heterocycles. The Hall–Kier alpha value is -2.44. The second-order valence-electron chi connectivity index (χ2n) is 7.30. The molecule has 2 atom stereocenters. The minimum Gasteiger partial charge on any atom is -0.396 e. The van der Waals surface area contributed by atoms with Gasteiger partial charge in [-0.05, 0) is 47.6 Å². The fourth-order valence-corrected chi connectivity index (χ4v) is 3.88. The van der Waals surface area contributed by atoms with Crippen LogP contribution in [-0.4, -0.2) is 40.5 Å². The van der Waals surface area contributed by atoms with Crippen molar-refractivity contribution in [3.8, 4) is 11.1 Å². The summed E-state index contributed by atoms with van der Waals surface area (Å²) in [5.41, 5.74) is 8.46. The van der Waals surface area contributed by atoms with Crippen molar-refractivity contribution in [1.82, 2.24) is 9.88 Å². The highest BCUT2D eigenvalue weighted by atomic mass is 35.5. The van der Waals surface area contributed by atoms with Gasteiger partial charge in [-0.25, -0.2) is 4.99 Å². The van der Waals surface area contributed by atoms with Crippen LogP contribution in [0.15, 0.2) is 41.7 Å². The SMILES string of the molecule is CCc1ccc(-c2cncc(Cl)c2)cc1C1(CC(C)CO)N=C(N)N(C)C1=O.